The maximum absolute atomic E-state index is 13.5. The maximum atomic E-state index is 13.5. The highest BCUT2D eigenvalue weighted by Gasteiger charge is 2.33. The van der Waals surface area contributed by atoms with Gasteiger partial charge in [-0.2, -0.15) is 0 Å². The van der Waals surface area contributed by atoms with Gasteiger partial charge in [0.25, 0.3) is 0 Å². The molecule has 2 unspecified atom stereocenters. The lowest BCUT2D eigenvalue weighted by Gasteiger charge is -2.42. The Kier molecular flexibility index (Phi) is 6.81. The van der Waals surface area contributed by atoms with E-state index in [0.717, 1.165) is 59.3 Å². The topological polar surface area (TPSA) is 73.4 Å². The predicted molar refractivity (Wildman–Crippen MR) is 138 cm³/mol. The van der Waals surface area contributed by atoms with Crippen LogP contribution in [0, 0.1) is 5.92 Å². The van der Waals surface area contributed by atoms with E-state index >= 15 is 0 Å². The molecule has 1 aromatic heterocycles. The molecule has 8 heteroatoms. The summed E-state index contributed by atoms with van der Waals surface area (Å²) < 4.78 is 1.12. The number of hydrogen-bond acceptors (Lipinski definition) is 6. The number of benzene rings is 1. The van der Waals surface area contributed by atoms with Crippen LogP contribution in [-0.2, 0) is 17.9 Å². The van der Waals surface area contributed by atoms with E-state index in [1.54, 1.807) is 0 Å². The summed E-state index contributed by atoms with van der Waals surface area (Å²) in [6.45, 7) is 8.08. The van der Waals surface area contributed by atoms with Crippen molar-refractivity contribution in [3.8, 4) is 0 Å². The Morgan fingerprint density at radius 2 is 2.03 bits per heavy atom. The zero-order chi connectivity index (χ0) is 23.7. The number of anilines is 1. The van der Waals surface area contributed by atoms with E-state index < -0.39 is 0 Å². The second-order valence-corrected chi connectivity index (χ2v) is 10.4. The van der Waals surface area contributed by atoms with Gasteiger partial charge >= 0.3 is 0 Å². The highest BCUT2D eigenvalue weighted by atomic mass is 79.9. The number of nitrogens with zero attached hydrogens (tertiary/aromatic N) is 4. The fourth-order valence-electron chi connectivity index (χ4n) is 4.79. The van der Waals surface area contributed by atoms with Crippen LogP contribution in [0.3, 0.4) is 0 Å². The molecule has 34 heavy (non-hydrogen) atoms. The van der Waals surface area contributed by atoms with Gasteiger partial charge in [-0.25, -0.2) is 9.97 Å². The number of rotatable bonds is 3. The van der Waals surface area contributed by atoms with E-state index in [4.69, 9.17) is 9.97 Å². The Bertz CT molecular complexity index is 1230. The summed E-state index contributed by atoms with van der Waals surface area (Å²) in [5, 5.41) is 8.68. The molecule has 1 aromatic carbocycles. The Morgan fingerprint density at radius 1 is 1.18 bits per heavy atom. The fraction of sp³-hybridized carbons (Fsp3) is 0.423. The van der Waals surface area contributed by atoms with Crippen molar-refractivity contribution in [2.45, 2.75) is 45.6 Å². The molecular formula is C26H31BrN6O. The van der Waals surface area contributed by atoms with Crippen LogP contribution >= 0.6 is 15.9 Å². The Hall–Kier alpha value is -2.55. The minimum absolute atomic E-state index is 0.0108. The van der Waals surface area contributed by atoms with Gasteiger partial charge in [0.15, 0.2) is 0 Å². The molecule has 7 nitrogen and oxygen atoms in total. The molecule has 2 aliphatic heterocycles. The van der Waals surface area contributed by atoms with Gasteiger partial charge in [0.2, 0.25) is 5.91 Å². The number of amides is 1. The quantitative estimate of drug-likeness (QED) is 0.641. The van der Waals surface area contributed by atoms with Crippen LogP contribution in [0.15, 0.2) is 40.9 Å². The van der Waals surface area contributed by atoms with Gasteiger partial charge in [-0.3, -0.25) is 14.6 Å². The first-order valence-electron chi connectivity index (χ1n) is 12.0. The molecule has 3 aliphatic rings. The first-order valence-corrected chi connectivity index (χ1v) is 12.8. The summed E-state index contributed by atoms with van der Waals surface area (Å²) in [5.41, 5.74) is 1.25. The summed E-state index contributed by atoms with van der Waals surface area (Å²) in [7, 11) is 0. The highest BCUT2D eigenvalue weighted by molar-refractivity contribution is 9.10. The normalized spacial score (nSPS) is 23.0. The average molecular weight is 523 g/mol. The maximum Gasteiger partial charge on any atom is 0.244 e. The molecule has 2 atom stereocenters. The predicted octanol–water partition coefficient (Wildman–Crippen LogP) is 1.97. The monoisotopic (exact) mass is 522 g/mol. The summed E-state index contributed by atoms with van der Waals surface area (Å²) in [5.74, 6) is 1.64. The molecular weight excluding hydrogens is 492 g/mol. The van der Waals surface area contributed by atoms with Crippen molar-refractivity contribution < 1.29 is 4.79 Å². The lowest BCUT2D eigenvalue weighted by Crippen LogP contribution is -2.62. The molecule has 0 saturated carbocycles. The second-order valence-electron chi connectivity index (χ2n) is 9.51. The standard InChI is InChI=1S/C26H31BrN6O/c1-17(2)24-26(34)30-23-16-32(14-18-8-6-7-10-20(18)27)12-13-33(23)15-22-28-21-11-5-3-4-9-19(21)25(29-22)31-24/h3-4,6-11,17,23-24H,5,12-16H2,1-2H3,(H,30,34)(H,28,29,31). The molecule has 0 radical (unpaired) electrons. The average Bonchev–Trinajstić information content (AvgIpc) is 3.05. The van der Waals surface area contributed by atoms with Gasteiger partial charge in [0.05, 0.1) is 18.1 Å². The van der Waals surface area contributed by atoms with E-state index in [0.29, 0.717) is 6.54 Å². The SMILES string of the molecule is CC(C)C1Nc2nc(nc3c2=CC=CCC=3)CN2CCN(Cc3ccccc3Br)CC2NC1=O. The number of allylic oxidation sites excluding steroid dienone is 2. The zero-order valence-electron chi connectivity index (χ0n) is 19.7. The Labute approximate surface area is 208 Å². The molecule has 178 valence electrons. The number of carbonyl (C=O) groups is 1. The number of fused-ring (bicyclic) bond motifs is 5. The largest absolute Gasteiger partial charge is 0.358 e. The van der Waals surface area contributed by atoms with E-state index in [-0.39, 0.29) is 24.0 Å². The lowest BCUT2D eigenvalue weighted by atomic mass is 10.0. The van der Waals surface area contributed by atoms with Crippen LogP contribution in [-0.4, -0.2) is 57.5 Å². The fourth-order valence-corrected chi connectivity index (χ4v) is 5.20. The van der Waals surface area contributed by atoms with Crippen molar-refractivity contribution in [1.82, 2.24) is 25.1 Å². The van der Waals surface area contributed by atoms with Crippen LogP contribution in [0.4, 0.5) is 5.82 Å². The van der Waals surface area contributed by atoms with Crippen LogP contribution in [0.2, 0.25) is 0 Å². The van der Waals surface area contributed by atoms with Gasteiger partial charge in [0.1, 0.15) is 17.7 Å². The van der Waals surface area contributed by atoms with Gasteiger partial charge in [-0.15, -0.1) is 0 Å². The molecule has 1 amide bonds. The van der Waals surface area contributed by atoms with Crippen molar-refractivity contribution >= 4 is 39.8 Å². The first kappa shape index (κ1) is 23.2. The van der Waals surface area contributed by atoms with Gasteiger partial charge in [-0.1, -0.05) is 66.2 Å². The number of nitrogens with one attached hydrogen (secondary N) is 2. The first-order chi connectivity index (χ1) is 16.5. The minimum atomic E-state index is -0.383. The second kappa shape index (κ2) is 9.98. The molecule has 3 heterocycles. The van der Waals surface area contributed by atoms with Crippen LogP contribution < -0.4 is 21.2 Å². The Balaban J connectivity index is 1.47. The minimum Gasteiger partial charge on any atom is -0.358 e. The van der Waals surface area contributed by atoms with Crippen molar-refractivity contribution in [2.75, 3.05) is 25.0 Å². The van der Waals surface area contributed by atoms with Crippen LogP contribution in [0.5, 0.6) is 0 Å². The third-order valence-corrected chi connectivity index (χ3v) is 7.46. The van der Waals surface area contributed by atoms with Crippen molar-refractivity contribution in [3.05, 3.63) is 62.8 Å². The highest BCUT2D eigenvalue weighted by Crippen LogP contribution is 2.21. The third kappa shape index (κ3) is 4.94. The van der Waals surface area contributed by atoms with E-state index in [1.165, 1.54) is 5.56 Å². The molecule has 1 saturated heterocycles. The molecule has 2 aromatic rings. The number of aromatic nitrogens is 2. The van der Waals surface area contributed by atoms with Crippen LogP contribution in [0.25, 0.3) is 12.2 Å². The van der Waals surface area contributed by atoms with E-state index in [1.807, 2.05) is 18.2 Å². The van der Waals surface area contributed by atoms with Gasteiger partial charge < -0.3 is 10.6 Å². The number of piperazine rings is 1. The summed E-state index contributed by atoms with van der Waals surface area (Å²) >= 11 is 3.67. The van der Waals surface area contributed by atoms with Gasteiger partial charge in [-0.05, 0) is 30.0 Å². The van der Waals surface area contributed by atoms with Gasteiger partial charge in [0, 0.05) is 35.9 Å². The van der Waals surface area contributed by atoms with Crippen molar-refractivity contribution in [1.29, 1.82) is 0 Å². The summed E-state index contributed by atoms with van der Waals surface area (Å²) in [6.07, 6.45) is 9.05. The molecule has 1 fully saturated rings. The number of carbonyl (C=O) groups excluding carboxylic acids is 1. The van der Waals surface area contributed by atoms with Crippen LogP contribution in [0.1, 0.15) is 31.7 Å². The molecule has 2 bridgehead atoms. The zero-order valence-corrected chi connectivity index (χ0v) is 21.3. The number of halogens is 1. The van der Waals surface area contributed by atoms with Crippen molar-refractivity contribution in [2.24, 2.45) is 5.92 Å². The molecule has 5 rings (SSSR count). The van der Waals surface area contributed by atoms with E-state index in [9.17, 15) is 4.79 Å². The van der Waals surface area contributed by atoms with E-state index in [2.05, 4.69) is 80.6 Å². The Morgan fingerprint density at radius 3 is 2.85 bits per heavy atom. The summed E-state index contributed by atoms with van der Waals surface area (Å²) in [6, 6.07) is 7.94. The molecule has 2 N–H and O–H groups in total. The molecule has 1 aliphatic carbocycles. The lowest BCUT2D eigenvalue weighted by molar-refractivity contribution is -0.125. The number of hydrogen-bond donors (Lipinski definition) is 2. The smallest absolute Gasteiger partial charge is 0.244 e. The third-order valence-electron chi connectivity index (χ3n) is 6.69. The van der Waals surface area contributed by atoms with Crippen molar-refractivity contribution in [3.63, 3.8) is 0 Å². The molecule has 0 spiro atoms. The summed E-state index contributed by atoms with van der Waals surface area (Å²) in [4.78, 5) is 28.0.